The molecule has 6 heteroatoms. The molecule has 0 unspecified atom stereocenters. The van der Waals surface area contributed by atoms with E-state index in [4.69, 9.17) is 4.98 Å². The van der Waals surface area contributed by atoms with Crippen molar-refractivity contribution in [2.45, 2.75) is 34.6 Å². The fourth-order valence-electron chi connectivity index (χ4n) is 2.45. The van der Waals surface area contributed by atoms with E-state index in [0.29, 0.717) is 5.82 Å². The minimum atomic E-state index is -0.0843. The highest BCUT2D eigenvalue weighted by Gasteiger charge is 2.16. The first-order valence-corrected chi connectivity index (χ1v) is 8.42. The van der Waals surface area contributed by atoms with E-state index < -0.39 is 0 Å². The summed E-state index contributed by atoms with van der Waals surface area (Å²) in [5.74, 6) is 0.549. The standard InChI is InChI=1S/C17H20N4OS/c1-9(2)16(22)18-14-8-12(5)20-21(14)17-19-15-11(4)6-10(3)7-13(15)23-17/h6-9H,1-5H3,(H,18,22). The van der Waals surface area contributed by atoms with Gasteiger partial charge in [0.15, 0.2) is 0 Å². The molecule has 0 atom stereocenters. The van der Waals surface area contributed by atoms with E-state index in [1.807, 2.05) is 26.8 Å². The van der Waals surface area contributed by atoms with Crippen molar-refractivity contribution in [2.75, 3.05) is 5.32 Å². The first-order valence-electron chi connectivity index (χ1n) is 7.61. The van der Waals surface area contributed by atoms with Crippen LogP contribution in [0.4, 0.5) is 5.82 Å². The van der Waals surface area contributed by atoms with Gasteiger partial charge in [-0.05, 0) is 38.0 Å². The van der Waals surface area contributed by atoms with Gasteiger partial charge in [-0.3, -0.25) is 4.79 Å². The van der Waals surface area contributed by atoms with Gasteiger partial charge in [-0.2, -0.15) is 9.78 Å². The molecule has 1 amide bonds. The molecular formula is C17H20N4OS. The molecule has 1 N–H and O–H groups in total. The smallest absolute Gasteiger partial charge is 0.228 e. The van der Waals surface area contributed by atoms with Crippen LogP contribution in [0.1, 0.15) is 30.7 Å². The summed E-state index contributed by atoms with van der Waals surface area (Å²) < 4.78 is 2.85. The average molecular weight is 328 g/mol. The zero-order valence-electron chi connectivity index (χ0n) is 14.0. The number of amides is 1. The largest absolute Gasteiger partial charge is 0.310 e. The summed E-state index contributed by atoms with van der Waals surface area (Å²) in [6.45, 7) is 9.79. The normalized spacial score (nSPS) is 11.4. The van der Waals surface area contributed by atoms with Crippen molar-refractivity contribution in [3.8, 4) is 5.13 Å². The van der Waals surface area contributed by atoms with Gasteiger partial charge >= 0.3 is 0 Å². The number of aromatic nitrogens is 3. The van der Waals surface area contributed by atoms with Crippen LogP contribution < -0.4 is 5.32 Å². The van der Waals surface area contributed by atoms with Crippen LogP contribution in [-0.2, 0) is 4.79 Å². The number of benzene rings is 1. The van der Waals surface area contributed by atoms with Gasteiger partial charge in [0.1, 0.15) is 5.82 Å². The van der Waals surface area contributed by atoms with Crippen LogP contribution in [0.15, 0.2) is 18.2 Å². The van der Waals surface area contributed by atoms with Gasteiger partial charge in [0, 0.05) is 12.0 Å². The van der Waals surface area contributed by atoms with Crippen molar-refractivity contribution >= 4 is 33.3 Å². The third-order valence-corrected chi connectivity index (χ3v) is 4.58. The maximum atomic E-state index is 12.0. The van der Waals surface area contributed by atoms with Crippen LogP contribution in [-0.4, -0.2) is 20.7 Å². The molecule has 0 aliphatic heterocycles. The molecule has 0 saturated heterocycles. The minimum absolute atomic E-state index is 0.0284. The molecule has 23 heavy (non-hydrogen) atoms. The lowest BCUT2D eigenvalue weighted by Crippen LogP contribution is -2.19. The van der Waals surface area contributed by atoms with Crippen molar-refractivity contribution in [3.63, 3.8) is 0 Å². The van der Waals surface area contributed by atoms with E-state index in [-0.39, 0.29) is 11.8 Å². The van der Waals surface area contributed by atoms with Gasteiger partial charge in [-0.15, -0.1) is 0 Å². The summed E-state index contributed by atoms with van der Waals surface area (Å²) in [6, 6.07) is 6.12. The lowest BCUT2D eigenvalue weighted by atomic mass is 10.1. The number of hydrogen-bond donors (Lipinski definition) is 1. The van der Waals surface area contributed by atoms with Gasteiger partial charge in [0.05, 0.1) is 15.9 Å². The molecule has 0 fully saturated rings. The first-order chi connectivity index (χ1) is 10.8. The Balaban J connectivity index is 2.08. The van der Waals surface area contributed by atoms with E-state index >= 15 is 0 Å². The highest BCUT2D eigenvalue weighted by Crippen LogP contribution is 2.30. The highest BCUT2D eigenvalue weighted by atomic mass is 32.1. The summed E-state index contributed by atoms with van der Waals surface area (Å²) in [5.41, 5.74) is 4.20. The average Bonchev–Trinajstić information content (AvgIpc) is 3.02. The molecule has 0 radical (unpaired) electrons. The van der Waals surface area contributed by atoms with Gasteiger partial charge in [-0.25, -0.2) is 4.98 Å². The number of nitrogens with one attached hydrogen (secondary N) is 1. The summed E-state index contributed by atoms with van der Waals surface area (Å²) in [5, 5.41) is 8.18. The summed E-state index contributed by atoms with van der Waals surface area (Å²) in [6.07, 6.45) is 0. The van der Waals surface area contributed by atoms with Gasteiger partial charge in [-0.1, -0.05) is 31.3 Å². The van der Waals surface area contributed by atoms with Crippen molar-refractivity contribution in [3.05, 3.63) is 35.0 Å². The molecule has 2 aromatic heterocycles. The zero-order chi connectivity index (χ0) is 16.7. The maximum Gasteiger partial charge on any atom is 0.228 e. The predicted octanol–water partition coefficient (Wildman–Crippen LogP) is 4.00. The van der Waals surface area contributed by atoms with E-state index in [1.165, 1.54) is 5.56 Å². The monoisotopic (exact) mass is 328 g/mol. The fraction of sp³-hybridized carbons (Fsp3) is 0.353. The Labute approximate surface area is 139 Å². The van der Waals surface area contributed by atoms with Crippen molar-refractivity contribution in [1.82, 2.24) is 14.8 Å². The maximum absolute atomic E-state index is 12.0. The Morgan fingerprint density at radius 1 is 1.22 bits per heavy atom. The molecule has 0 bridgehead atoms. The van der Waals surface area contributed by atoms with Crippen LogP contribution in [0.25, 0.3) is 15.3 Å². The first kappa shape index (κ1) is 15.7. The summed E-state index contributed by atoms with van der Waals surface area (Å²) in [4.78, 5) is 16.7. The highest BCUT2D eigenvalue weighted by molar-refractivity contribution is 7.20. The molecule has 0 saturated carbocycles. The summed E-state index contributed by atoms with van der Waals surface area (Å²) >= 11 is 1.58. The number of aryl methyl sites for hydroxylation is 3. The molecule has 0 aliphatic carbocycles. The topological polar surface area (TPSA) is 59.8 Å². The molecule has 1 aromatic carbocycles. The lowest BCUT2D eigenvalue weighted by molar-refractivity contribution is -0.118. The SMILES string of the molecule is Cc1cc(C)c2nc(-n3nc(C)cc3NC(=O)C(C)C)sc2c1. The second-order valence-electron chi connectivity index (χ2n) is 6.15. The number of carbonyl (C=O) groups excluding carboxylic acids is 1. The number of carbonyl (C=O) groups is 1. The molecule has 2 heterocycles. The Morgan fingerprint density at radius 3 is 2.65 bits per heavy atom. The van der Waals surface area contributed by atoms with Crippen LogP contribution in [0, 0.1) is 26.7 Å². The van der Waals surface area contributed by atoms with E-state index in [2.05, 4.69) is 36.4 Å². The van der Waals surface area contributed by atoms with Gasteiger partial charge in [0.2, 0.25) is 11.0 Å². The van der Waals surface area contributed by atoms with Crippen molar-refractivity contribution in [1.29, 1.82) is 0 Å². The second-order valence-corrected chi connectivity index (χ2v) is 7.16. The molecule has 120 valence electrons. The lowest BCUT2D eigenvalue weighted by Gasteiger charge is -2.08. The van der Waals surface area contributed by atoms with Crippen LogP contribution in [0.5, 0.6) is 0 Å². The van der Waals surface area contributed by atoms with Crippen LogP contribution in [0.3, 0.4) is 0 Å². The quantitative estimate of drug-likeness (QED) is 0.790. The minimum Gasteiger partial charge on any atom is -0.310 e. The van der Waals surface area contributed by atoms with E-state index in [0.717, 1.165) is 26.6 Å². The zero-order valence-corrected chi connectivity index (χ0v) is 14.8. The Hall–Kier alpha value is -2.21. The summed E-state index contributed by atoms with van der Waals surface area (Å²) in [7, 11) is 0. The van der Waals surface area contributed by atoms with E-state index in [1.54, 1.807) is 16.0 Å². The van der Waals surface area contributed by atoms with Gasteiger partial charge < -0.3 is 5.32 Å². The van der Waals surface area contributed by atoms with Gasteiger partial charge in [0.25, 0.3) is 0 Å². The third kappa shape index (κ3) is 2.99. The Morgan fingerprint density at radius 2 is 1.96 bits per heavy atom. The van der Waals surface area contributed by atoms with Crippen molar-refractivity contribution < 1.29 is 4.79 Å². The predicted molar refractivity (Wildman–Crippen MR) is 94.4 cm³/mol. The second kappa shape index (κ2) is 5.77. The molecule has 0 aliphatic rings. The fourth-order valence-corrected chi connectivity index (χ4v) is 3.56. The number of nitrogens with zero attached hydrogens (tertiary/aromatic N) is 3. The van der Waals surface area contributed by atoms with E-state index in [9.17, 15) is 4.79 Å². The number of fused-ring (bicyclic) bond motifs is 1. The molecular weight excluding hydrogens is 308 g/mol. The Kier molecular flexibility index (Phi) is 3.93. The molecule has 3 rings (SSSR count). The van der Waals surface area contributed by atoms with Crippen molar-refractivity contribution in [2.24, 2.45) is 5.92 Å². The number of hydrogen-bond acceptors (Lipinski definition) is 4. The van der Waals surface area contributed by atoms with Crippen LogP contribution in [0.2, 0.25) is 0 Å². The van der Waals surface area contributed by atoms with Crippen LogP contribution >= 0.6 is 11.3 Å². The Bertz CT molecular complexity index is 892. The third-order valence-electron chi connectivity index (χ3n) is 3.61. The molecule has 0 spiro atoms. The molecule has 5 nitrogen and oxygen atoms in total. The number of anilines is 1. The number of rotatable bonds is 3. The molecule has 3 aromatic rings. The number of thiazole rings is 1.